The molecule has 126 valence electrons. The molecule has 0 unspecified atom stereocenters. The highest BCUT2D eigenvalue weighted by molar-refractivity contribution is 7.19. The number of hydrogen-bond acceptors (Lipinski definition) is 5. The monoisotopic (exact) mass is 349 g/mol. The van der Waals surface area contributed by atoms with Crippen LogP contribution in [0.1, 0.15) is 27.7 Å². The number of nitrogens with zero attached hydrogens (tertiary/aromatic N) is 5. The second kappa shape index (κ2) is 5.61. The molecule has 6 heteroatoms. The van der Waals surface area contributed by atoms with Crippen LogP contribution in [0.15, 0.2) is 30.3 Å². The maximum Gasteiger partial charge on any atom is 0.168 e. The van der Waals surface area contributed by atoms with Gasteiger partial charge < -0.3 is 4.90 Å². The zero-order valence-electron chi connectivity index (χ0n) is 14.4. The van der Waals surface area contributed by atoms with E-state index in [1.54, 1.807) is 0 Å². The first kappa shape index (κ1) is 15.0. The minimum Gasteiger partial charge on any atom is -0.301 e. The summed E-state index contributed by atoms with van der Waals surface area (Å²) in [5, 5.41) is 5.95. The van der Waals surface area contributed by atoms with Gasteiger partial charge >= 0.3 is 0 Å². The van der Waals surface area contributed by atoms with Gasteiger partial charge in [0.15, 0.2) is 11.5 Å². The number of hydrogen-bond donors (Lipinski definition) is 0. The summed E-state index contributed by atoms with van der Waals surface area (Å²) in [6.45, 7) is 4.11. The first-order chi connectivity index (χ1) is 12.2. The van der Waals surface area contributed by atoms with Gasteiger partial charge in [-0.05, 0) is 31.5 Å². The highest BCUT2D eigenvalue weighted by Gasteiger charge is 2.23. The Bertz CT molecular complexity index is 1080. The SMILES string of the molecule is Cc1nc2sc3c(c2c2nc(Cc4ccccc4)nn12)CCN(C)C3. The lowest BCUT2D eigenvalue weighted by Gasteiger charge is -2.21. The molecule has 0 bridgehead atoms. The Morgan fingerprint density at radius 1 is 1.16 bits per heavy atom. The van der Waals surface area contributed by atoms with Crippen molar-refractivity contribution in [3.63, 3.8) is 0 Å². The molecule has 0 fully saturated rings. The fraction of sp³-hybridized carbons (Fsp3) is 0.316. The van der Waals surface area contributed by atoms with Crippen molar-refractivity contribution in [1.82, 2.24) is 24.5 Å². The van der Waals surface area contributed by atoms with Gasteiger partial charge in [-0.25, -0.2) is 9.97 Å². The summed E-state index contributed by atoms with van der Waals surface area (Å²) >= 11 is 1.81. The number of aromatic nitrogens is 4. The molecule has 5 nitrogen and oxygen atoms in total. The third-order valence-corrected chi connectivity index (χ3v) is 5.99. The highest BCUT2D eigenvalue weighted by Crippen LogP contribution is 2.36. The molecular weight excluding hydrogens is 330 g/mol. The van der Waals surface area contributed by atoms with Crippen molar-refractivity contribution in [2.24, 2.45) is 0 Å². The van der Waals surface area contributed by atoms with E-state index in [1.807, 2.05) is 28.8 Å². The lowest BCUT2D eigenvalue weighted by Crippen LogP contribution is -2.25. The maximum absolute atomic E-state index is 4.90. The van der Waals surface area contributed by atoms with Crippen LogP contribution in [-0.2, 0) is 19.4 Å². The summed E-state index contributed by atoms with van der Waals surface area (Å²) in [4.78, 5) is 14.6. The van der Waals surface area contributed by atoms with Crippen molar-refractivity contribution >= 4 is 27.2 Å². The summed E-state index contributed by atoms with van der Waals surface area (Å²) in [6.07, 6.45) is 1.81. The second-order valence-electron chi connectivity index (χ2n) is 6.76. The van der Waals surface area contributed by atoms with Gasteiger partial charge in [-0.2, -0.15) is 4.52 Å². The molecule has 5 rings (SSSR count). The number of benzene rings is 1. The largest absolute Gasteiger partial charge is 0.301 e. The maximum atomic E-state index is 4.90. The Morgan fingerprint density at radius 3 is 2.84 bits per heavy atom. The van der Waals surface area contributed by atoms with Gasteiger partial charge in [-0.1, -0.05) is 30.3 Å². The van der Waals surface area contributed by atoms with Gasteiger partial charge in [0, 0.05) is 24.4 Å². The molecule has 3 aromatic heterocycles. The lowest BCUT2D eigenvalue weighted by atomic mass is 10.1. The number of thiophene rings is 1. The number of fused-ring (bicyclic) bond motifs is 5. The lowest BCUT2D eigenvalue weighted by molar-refractivity contribution is 0.318. The van der Waals surface area contributed by atoms with Crippen LogP contribution in [0.3, 0.4) is 0 Å². The molecule has 4 aromatic rings. The number of rotatable bonds is 2. The summed E-state index contributed by atoms with van der Waals surface area (Å²) in [6, 6.07) is 10.4. The van der Waals surface area contributed by atoms with E-state index in [9.17, 15) is 0 Å². The molecule has 1 aliphatic heterocycles. The molecule has 1 aliphatic rings. The van der Waals surface area contributed by atoms with Crippen molar-refractivity contribution in [2.45, 2.75) is 26.3 Å². The van der Waals surface area contributed by atoms with Crippen molar-refractivity contribution in [2.75, 3.05) is 13.6 Å². The molecule has 0 aliphatic carbocycles. The molecule has 4 heterocycles. The zero-order valence-corrected chi connectivity index (χ0v) is 15.2. The Balaban J connectivity index is 1.69. The Labute approximate surface area is 149 Å². The van der Waals surface area contributed by atoms with Gasteiger partial charge in [0.2, 0.25) is 0 Å². The van der Waals surface area contributed by atoms with Crippen molar-refractivity contribution in [1.29, 1.82) is 0 Å². The summed E-state index contributed by atoms with van der Waals surface area (Å²) in [7, 11) is 2.18. The van der Waals surface area contributed by atoms with Crippen LogP contribution in [0.5, 0.6) is 0 Å². The second-order valence-corrected chi connectivity index (χ2v) is 7.84. The predicted molar refractivity (Wildman–Crippen MR) is 100 cm³/mol. The zero-order chi connectivity index (χ0) is 17.0. The molecular formula is C19H19N5S. The standard InChI is InChI=1S/C19H19N5S/c1-12-20-19-17(14-8-9-23(2)11-15(14)25-19)18-21-16(22-24(12)18)10-13-6-4-3-5-7-13/h3-7H,8-11H2,1-2H3. The first-order valence-corrected chi connectivity index (χ1v) is 9.39. The minimum absolute atomic E-state index is 0.749. The van der Waals surface area contributed by atoms with Crippen molar-refractivity contribution in [3.05, 3.63) is 58.0 Å². The van der Waals surface area contributed by atoms with Crippen molar-refractivity contribution in [3.8, 4) is 0 Å². The van der Waals surface area contributed by atoms with E-state index in [0.29, 0.717) is 0 Å². The Kier molecular flexibility index (Phi) is 3.36. The summed E-state index contributed by atoms with van der Waals surface area (Å²) in [5.74, 6) is 1.76. The van der Waals surface area contributed by atoms with Crippen LogP contribution in [0.2, 0.25) is 0 Å². The van der Waals surface area contributed by atoms with Crippen LogP contribution in [0.4, 0.5) is 0 Å². The van der Waals surface area contributed by atoms with E-state index >= 15 is 0 Å². The Morgan fingerprint density at radius 2 is 2.00 bits per heavy atom. The van der Waals surface area contributed by atoms with Gasteiger partial charge in [-0.3, -0.25) is 0 Å². The molecule has 0 amide bonds. The van der Waals surface area contributed by atoms with Crippen LogP contribution in [0, 0.1) is 6.92 Å². The van der Waals surface area contributed by atoms with Gasteiger partial charge in [0.05, 0.1) is 5.39 Å². The van der Waals surface area contributed by atoms with Gasteiger partial charge in [0.1, 0.15) is 10.7 Å². The molecule has 0 spiro atoms. The van der Waals surface area contributed by atoms with Crippen LogP contribution >= 0.6 is 11.3 Å². The minimum atomic E-state index is 0.749. The molecule has 0 atom stereocenters. The summed E-state index contributed by atoms with van der Waals surface area (Å²) < 4.78 is 1.92. The molecule has 0 saturated heterocycles. The molecule has 1 aromatic carbocycles. The normalized spacial score (nSPS) is 15.1. The van der Waals surface area contributed by atoms with E-state index in [-0.39, 0.29) is 0 Å². The fourth-order valence-corrected chi connectivity index (χ4v) is 4.96. The number of aryl methyl sites for hydroxylation is 1. The molecule has 25 heavy (non-hydrogen) atoms. The average Bonchev–Trinajstić information content (AvgIpc) is 3.16. The predicted octanol–water partition coefficient (Wildman–Crippen LogP) is 3.23. The third kappa shape index (κ3) is 2.44. The third-order valence-electron chi connectivity index (χ3n) is 4.88. The average molecular weight is 349 g/mol. The van der Waals surface area contributed by atoms with E-state index in [4.69, 9.17) is 15.1 Å². The van der Waals surface area contributed by atoms with Crippen molar-refractivity contribution < 1.29 is 0 Å². The fourth-order valence-electron chi connectivity index (χ4n) is 3.62. The highest BCUT2D eigenvalue weighted by atomic mass is 32.1. The van der Waals surface area contributed by atoms with Crippen LogP contribution < -0.4 is 0 Å². The van der Waals surface area contributed by atoms with Gasteiger partial charge in [0.25, 0.3) is 0 Å². The smallest absolute Gasteiger partial charge is 0.168 e. The van der Waals surface area contributed by atoms with E-state index in [0.717, 1.165) is 48.1 Å². The van der Waals surface area contributed by atoms with E-state index in [2.05, 4.69) is 36.2 Å². The molecule has 0 N–H and O–H groups in total. The topological polar surface area (TPSA) is 46.3 Å². The van der Waals surface area contributed by atoms with Gasteiger partial charge in [-0.15, -0.1) is 16.4 Å². The molecule has 0 saturated carbocycles. The summed E-state index contributed by atoms with van der Waals surface area (Å²) in [5.41, 5.74) is 3.62. The van der Waals surface area contributed by atoms with E-state index < -0.39 is 0 Å². The number of likely N-dealkylation sites (N-methyl/N-ethyl adjacent to an activating group) is 1. The quantitative estimate of drug-likeness (QED) is 0.557. The van der Waals surface area contributed by atoms with Crippen LogP contribution in [-0.4, -0.2) is 38.1 Å². The van der Waals surface area contributed by atoms with Crippen LogP contribution in [0.25, 0.3) is 15.9 Å². The Hall–Kier alpha value is -2.31. The van der Waals surface area contributed by atoms with E-state index in [1.165, 1.54) is 21.4 Å². The molecule has 0 radical (unpaired) electrons. The first-order valence-electron chi connectivity index (χ1n) is 8.58.